The quantitative estimate of drug-likeness (QED) is 0.687. The molecule has 1 aromatic carbocycles. The number of H-pyrrole nitrogens is 1. The number of imidazole rings is 1. The van der Waals surface area contributed by atoms with Gasteiger partial charge in [-0.3, -0.25) is 0 Å². The van der Waals surface area contributed by atoms with Gasteiger partial charge in [0.05, 0.1) is 6.33 Å². The summed E-state index contributed by atoms with van der Waals surface area (Å²) in [6.45, 7) is 5.44. The minimum Gasteiger partial charge on any atom is -0.368 e. The van der Waals surface area contributed by atoms with Crippen molar-refractivity contribution in [3.05, 3.63) is 36.7 Å². The average molecular weight is 366 g/mol. The van der Waals surface area contributed by atoms with Crippen molar-refractivity contribution in [3.8, 4) is 0 Å². The second-order valence-electron chi connectivity index (χ2n) is 7.01. The molecule has 1 saturated heterocycles. The number of nitrogens with one attached hydrogen (secondary N) is 2. The maximum atomic E-state index is 4.79. The number of hydrogen-bond acceptors (Lipinski definition) is 7. The number of anilines is 3. The minimum atomic E-state index is 0.706. The lowest BCUT2D eigenvalue weighted by Crippen LogP contribution is -2.47. The van der Waals surface area contributed by atoms with E-state index in [9.17, 15) is 0 Å². The molecule has 4 rings (SSSR count). The molecule has 8 nitrogen and oxygen atoms in total. The molecule has 3 heterocycles. The maximum Gasteiger partial charge on any atom is 0.229 e. The van der Waals surface area contributed by atoms with Crippen LogP contribution in [0.3, 0.4) is 0 Å². The van der Waals surface area contributed by atoms with E-state index in [0.29, 0.717) is 5.65 Å². The van der Waals surface area contributed by atoms with Crippen molar-refractivity contribution in [1.82, 2.24) is 24.8 Å². The van der Waals surface area contributed by atoms with Gasteiger partial charge in [-0.25, -0.2) is 4.98 Å². The second kappa shape index (κ2) is 7.79. The number of para-hydroxylation sites is 1. The number of rotatable bonds is 6. The predicted molar refractivity (Wildman–Crippen MR) is 110 cm³/mol. The first kappa shape index (κ1) is 17.5. The van der Waals surface area contributed by atoms with Gasteiger partial charge >= 0.3 is 0 Å². The van der Waals surface area contributed by atoms with Gasteiger partial charge in [0.25, 0.3) is 0 Å². The third-order valence-electron chi connectivity index (χ3n) is 4.81. The number of likely N-dealkylation sites (N-methyl/N-ethyl adjacent to an activating group) is 1. The van der Waals surface area contributed by atoms with E-state index in [1.165, 1.54) is 5.69 Å². The van der Waals surface area contributed by atoms with Crippen LogP contribution in [0.5, 0.6) is 0 Å². The molecule has 1 aliphatic heterocycles. The number of nitrogens with zero attached hydrogens (tertiary/aromatic N) is 6. The van der Waals surface area contributed by atoms with Crippen molar-refractivity contribution in [3.63, 3.8) is 0 Å². The molecular formula is C19H26N8. The smallest absolute Gasteiger partial charge is 0.229 e. The van der Waals surface area contributed by atoms with Gasteiger partial charge in [0, 0.05) is 45.0 Å². The van der Waals surface area contributed by atoms with Gasteiger partial charge in [0.15, 0.2) is 11.5 Å². The highest BCUT2D eigenvalue weighted by molar-refractivity contribution is 5.83. The Balaban J connectivity index is 1.49. The summed E-state index contributed by atoms with van der Waals surface area (Å²) >= 11 is 0. The first-order valence-electron chi connectivity index (χ1n) is 9.35. The van der Waals surface area contributed by atoms with Gasteiger partial charge in [-0.2, -0.15) is 9.97 Å². The van der Waals surface area contributed by atoms with Gasteiger partial charge in [-0.1, -0.05) is 18.2 Å². The second-order valence-corrected chi connectivity index (χ2v) is 7.01. The Morgan fingerprint density at radius 2 is 1.78 bits per heavy atom. The first-order chi connectivity index (χ1) is 13.2. The molecule has 0 radical (unpaired) electrons. The minimum absolute atomic E-state index is 0.706. The standard InChI is InChI=1S/C19H26N8/c1-25(2)9-8-20-17-16-18(22-14-21-16)24-19(23-17)27-12-10-26(11-13-27)15-6-4-3-5-7-15/h3-7,14H,8-13H2,1-2H3,(H2,20,21,22,23,24). The molecule has 0 saturated carbocycles. The zero-order valence-corrected chi connectivity index (χ0v) is 15.9. The van der Waals surface area contributed by atoms with E-state index in [1.807, 2.05) is 0 Å². The Morgan fingerprint density at radius 3 is 2.52 bits per heavy atom. The van der Waals surface area contributed by atoms with Crippen LogP contribution < -0.4 is 15.1 Å². The Bertz CT molecular complexity index is 868. The lowest BCUT2D eigenvalue weighted by molar-refractivity contribution is 0.425. The van der Waals surface area contributed by atoms with E-state index in [2.05, 4.69) is 79.4 Å². The fraction of sp³-hybridized carbons (Fsp3) is 0.421. The van der Waals surface area contributed by atoms with E-state index in [0.717, 1.165) is 56.6 Å². The van der Waals surface area contributed by atoms with Crippen molar-refractivity contribution < 1.29 is 0 Å². The highest BCUT2D eigenvalue weighted by atomic mass is 15.3. The van der Waals surface area contributed by atoms with Crippen LogP contribution >= 0.6 is 0 Å². The third kappa shape index (κ3) is 3.95. The van der Waals surface area contributed by atoms with Crippen molar-refractivity contribution in [2.75, 3.05) is 68.5 Å². The lowest BCUT2D eigenvalue weighted by atomic mass is 10.2. The molecular weight excluding hydrogens is 340 g/mol. The maximum absolute atomic E-state index is 4.79. The molecule has 2 aromatic heterocycles. The average Bonchev–Trinajstić information content (AvgIpc) is 3.17. The molecule has 0 aliphatic carbocycles. The first-order valence-corrected chi connectivity index (χ1v) is 9.35. The van der Waals surface area contributed by atoms with Crippen molar-refractivity contribution in [2.24, 2.45) is 0 Å². The van der Waals surface area contributed by atoms with Crippen molar-refractivity contribution in [2.45, 2.75) is 0 Å². The van der Waals surface area contributed by atoms with Crippen LogP contribution in [-0.4, -0.2) is 78.2 Å². The molecule has 8 heteroatoms. The number of aromatic nitrogens is 4. The van der Waals surface area contributed by atoms with Crippen LogP contribution in [0.4, 0.5) is 17.5 Å². The number of hydrogen-bond donors (Lipinski definition) is 2. The lowest BCUT2D eigenvalue weighted by Gasteiger charge is -2.36. The van der Waals surface area contributed by atoms with Crippen LogP contribution in [0, 0.1) is 0 Å². The number of piperazine rings is 1. The van der Waals surface area contributed by atoms with Crippen molar-refractivity contribution >= 4 is 28.6 Å². The summed E-state index contributed by atoms with van der Waals surface area (Å²) in [4.78, 5) is 23.7. The van der Waals surface area contributed by atoms with E-state index in [4.69, 9.17) is 4.98 Å². The zero-order valence-electron chi connectivity index (χ0n) is 15.9. The largest absolute Gasteiger partial charge is 0.368 e. The molecule has 2 N–H and O–H groups in total. The number of benzene rings is 1. The van der Waals surface area contributed by atoms with Gasteiger partial charge in [-0.15, -0.1) is 0 Å². The molecule has 0 amide bonds. The Morgan fingerprint density at radius 1 is 1.04 bits per heavy atom. The molecule has 0 bridgehead atoms. The summed E-state index contributed by atoms with van der Waals surface area (Å²) in [6, 6.07) is 10.5. The van der Waals surface area contributed by atoms with Crippen LogP contribution in [0.15, 0.2) is 36.7 Å². The summed E-state index contributed by atoms with van der Waals surface area (Å²) in [6.07, 6.45) is 1.67. The summed E-state index contributed by atoms with van der Waals surface area (Å²) in [7, 11) is 4.12. The molecule has 0 unspecified atom stereocenters. The Hall–Kier alpha value is -2.87. The van der Waals surface area contributed by atoms with Gasteiger partial charge in [-0.05, 0) is 26.2 Å². The summed E-state index contributed by atoms with van der Waals surface area (Å²) in [5.74, 6) is 1.56. The topological polar surface area (TPSA) is 76.2 Å². The van der Waals surface area contributed by atoms with E-state index in [1.54, 1.807) is 6.33 Å². The van der Waals surface area contributed by atoms with Gasteiger partial charge < -0.3 is 25.0 Å². The predicted octanol–water partition coefficient (Wildman–Crippen LogP) is 1.65. The number of aromatic amines is 1. The molecule has 3 aromatic rings. The van der Waals surface area contributed by atoms with Crippen LogP contribution in [0.25, 0.3) is 11.2 Å². The highest BCUT2D eigenvalue weighted by Gasteiger charge is 2.21. The van der Waals surface area contributed by atoms with Crippen LogP contribution in [0.1, 0.15) is 0 Å². The monoisotopic (exact) mass is 366 g/mol. The summed E-state index contributed by atoms with van der Waals surface area (Å²) < 4.78 is 0. The molecule has 0 atom stereocenters. The molecule has 0 spiro atoms. The Kier molecular flexibility index (Phi) is 5.06. The van der Waals surface area contributed by atoms with E-state index < -0.39 is 0 Å². The molecule has 1 aliphatic rings. The van der Waals surface area contributed by atoms with Crippen molar-refractivity contribution in [1.29, 1.82) is 0 Å². The fourth-order valence-electron chi connectivity index (χ4n) is 3.29. The van der Waals surface area contributed by atoms with E-state index >= 15 is 0 Å². The molecule has 27 heavy (non-hydrogen) atoms. The Labute approximate surface area is 159 Å². The third-order valence-corrected chi connectivity index (χ3v) is 4.81. The highest BCUT2D eigenvalue weighted by Crippen LogP contribution is 2.23. The van der Waals surface area contributed by atoms with E-state index in [-0.39, 0.29) is 0 Å². The summed E-state index contributed by atoms with van der Waals surface area (Å²) in [5.41, 5.74) is 2.84. The summed E-state index contributed by atoms with van der Waals surface area (Å²) in [5, 5.41) is 3.42. The SMILES string of the molecule is CN(C)CCNc1nc(N2CCN(c3ccccc3)CC2)nc2nc[nH]c12. The molecule has 1 fully saturated rings. The fourth-order valence-corrected chi connectivity index (χ4v) is 3.29. The molecule has 142 valence electrons. The van der Waals surface area contributed by atoms with Crippen LogP contribution in [0.2, 0.25) is 0 Å². The van der Waals surface area contributed by atoms with Gasteiger partial charge in [0.1, 0.15) is 5.52 Å². The van der Waals surface area contributed by atoms with Gasteiger partial charge in [0.2, 0.25) is 5.95 Å². The van der Waals surface area contributed by atoms with Crippen LogP contribution in [-0.2, 0) is 0 Å². The normalized spacial score (nSPS) is 14.9. The zero-order chi connectivity index (χ0) is 18.6. The number of fused-ring (bicyclic) bond motifs is 1.